The van der Waals surface area contributed by atoms with E-state index in [-0.39, 0.29) is 17.2 Å². The van der Waals surface area contributed by atoms with Gasteiger partial charge in [0.25, 0.3) is 10.1 Å². The van der Waals surface area contributed by atoms with E-state index >= 15 is 0 Å². The molecule has 0 aromatic heterocycles. The molecule has 3 saturated carbocycles. The molecule has 5 unspecified atom stereocenters. The first-order chi connectivity index (χ1) is 14.8. The van der Waals surface area contributed by atoms with Gasteiger partial charge in [0, 0.05) is 5.92 Å². The van der Waals surface area contributed by atoms with Crippen molar-refractivity contribution in [1.82, 2.24) is 0 Å². The van der Waals surface area contributed by atoms with Gasteiger partial charge in [-0.1, -0.05) is 6.42 Å². The molecule has 0 heterocycles. The van der Waals surface area contributed by atoms with Gasteiger partial charge in [0.15, 0.2) is 11.5 Å². The molecular formula is C21H25F3O7S. The molecule has 178 valence electrons. The summed E-state index contributed by atoms with van der Waals surface area (Å²) in [6, 6.07) is 3.19. The number of carbonyl (C=O) groups excluding carboxylic acids is 1. The van der Waals surface area contributed by atoms with Gasteiger partial charge in [-0.2, -0.15) is 8.42 Å². The van der Waals surface area contributed by atoms with Crippen LogP contribution in [0.5, 0.6) is 11.5 Å². The van der Waals surface area contributed by atoms with Crippen LogP contribution in [0.25, 0.3) is 0 Å². The highest BCUT2D eigenvalue weighted by atomic mass is 32.2. The second-order valence-corrected chi connectivity index (χ2v) is 10.7. The molecule has 3 fully saturated rings. The Hall–Kier alpha value is -2.01. The third-order valence-electron chi connectivity index (χ3n) is 7.08. The minimum absolute atomic E-state index is 0.115. The molecule has 7 nitrogen and oxygen atoms in total. The molecule has 0 radical (unpaired) electrons. The van der Waals surface area contributed by atoms with Gasteiger partial charge in [-0.05, 0) is 68.6 Å². The van der Waals surface area contributed by atoms with E-state index in [9.17, 15) is 26.4 Å². The fraction of sp³-hybridized carbons (Fsp3) is 0.667. The van der Waals surface area contributed by atoms with Crippen LogP contribution in [0.15, 0.2) is 18.2 Å². The van der Waals surface area contributed by atoms with Crippen molar-refractivity contribution < 1.29 is 45.1 Å². The maximum Gasteiger partial charge on any atom is 0.573 e. The number of ether oxygens (including phenoxy) is 3. The van der Waals surface area contributed by atoms with Crippen molar-refractivity contribution >= 4 is 16.1 Å². The molecule has 0 aliphatic heterocycles. The standard InChI is InChI=1S/C21H25F3O7S/c1-20(11-13-9-16(20)15-4-2-3-14(13)15)30-18-10-12(5-6-17(18)31-21(22,23)24)19(25)29-7-8-32(26,27)28/h5-6,10,13-16H,2-4,7-9,11H2,1H3,(H,26,27,28). The minimum Gasteiger partial charge on any atom is -0.483 e. The molecule has 11 heteroatoms. The van der Waals surface area contributed by atoms with Gasteiger partial charge in [-0.3, -0.25) is 4.55 Å². The Morgan fingerprint density at radius 2 is 1.94 bits per heavy atom. The summed E-state index contributed by atoms with van der Waals surface area (Å²) in [5, 5.41) is 0. The highest BCUT2D eigenvalue weighted by Gasteiger charge is 2.60. The molecule has 0 spiro atoms. The Balaban J connectivity index is 1.56. The summed E-state index contributed by atoms with van der Waals surface area (Å²) in [4.78, 5) is 12.3. The van der Waals surface area contributed by atoms with Gasteiger partial charge in [-0.25, -0.2) is 4.79 Å². The second kappa shape index (κ2) is 8.09. The van der Waals surface area contributed by atoms with Gasteiger partial charge >= 0.3 is 12.3 Å². The van der Waals surface area contributed by atoms with Crippen LogP contribution in [0.4, 0.5) is 13.2 Å². The van der Waals surface area contributed by atoms with Gasteiger partial charge in [0.05, 0.1) is 5.56 Å². The smallest absolute Gasteiger partial charge is 0.483 e. The Morgan fingerprint density at radius 1 is 1.22 bits per heavy atom. The normalized spacial score (nSPS) is 31.4. The Labute approximate surface area is 184 Å². The van der Waals surface area contributed by atoms with Gasteiger partial charge in [-0.15, -0.1) is 13.2 Å². The molecule has 3 aliphatic carbocycles. The van der Waals surface area contributed by atoms with Crippen LogP contribution < -0.4 is 9.47 Å². The summed E-state index contributed by atoms with van der Waals surface area (Å²) in [6.07, 6.45) is 0.214. The number of hydrogen-bond donors (Lipinski definition) is 1. The summed E-state index contributed by atoms with van der Waals surface area (Å²) in [5.74, 6) is -0.643. The van der Waals surface area contributed by atoms with E-state index in [1.807, 2.05) is 6.92 Å². The zero-order valence-corrected chi connectivity index (χ0v) is 18.2. The molecule has 5 atom stereocenters. The fourth-order valence-electron chi connectivity index (χ4n) is 6.00. The first-order valence-electron chi connectivity index (χ1n) is 10.6. The first kappa shape index (κ1) is 23.2. The first-order valence-corrected chi connectivity index (χ1v) is 12.2. The molecule has 4 rings (SSSR count). The van der Waals surface area contributed by atoms with Crippen LogP contribution in [0.3, 0.4) is 0 Å². The predicted octanol–water partition coefficient (Wildman–Crippen LogP) is 4.22. The topological polar surface area (TPSA) is 99.1 Å². The molecule has 1 aromatic rings. The molecule has 3 aliphatic rings. The van der Waals surface area contributed by atoms with E-state index in [2.05, 4.69) is 4.74 Å². The highest BCUT2D eigenvalue weighted by molar-refractivity contribution is 7.85. The van der Waals surface area contributed by atoms with Gasteiger partial charge in [0.1, 0.15) is 18.0 Å². The van der Waals surface area contributed by atoms with E-state index < -0.39 is 46.2 Å². The number of halogens is 3. The van der Waals surface area contributed by atoms with Crippen molar-refractivity contribution in [3.05, 3.63) is 23.8 Å². The quantitative estimate of drug-likeness (QED) is 0.463. The zero-order valence-electron chi connectivity index (χ0n) is 17.4. The fourth-order valence-corrected chi connectivity index (χ4v) is 6.30. The lowest BCUT2D eigenvalue weighted by Gasteiger charge is -2.40. The average Bonchev–Trinajstić information content (AvgIpc) is 3.32. The van der Waals surface area contributed by atoms with E-state index in [0.717, 1.165) is 43.9 Å². The summed E-state index contributed by atoms with van der Waals surface area (Å²) in [6.45, 7) is 1.31. The summed E-state index contributed by atoms with van der Waals surface area (Å²) in [5.41, 5.74) is -0.789. The van der Waals surface area contributed by atoms with Crippen molar-refractivity contribution in [2.75, 3.05) is 12.4 Å². The van der Waals surface area contributed by atoms with E-state index in [0.29, 0.717) is 17.8 Å². The van der Waals surface area contributed by atoms with Gasteiger partial charge < -0.3 is 14.2 Å². The van der Waals surface area contributed by atoms with Crippen molar-refractivity contribution in [2.24, 2.45) is 23.7 Å². The zero-order chi connectivity index (χ0) is 23.3. The second-order valence-electron chi connectivity index (χ2n) is 9.11. The largest absolute Gasteiger partial charge is 0.573 e. The number of fused-ring (bicyclic) bond motifs is 5. The maximum absolute atomic E-state index is 12.9. The van der Waals surface area contributed by atoms with Crippen LogP contribution in [0.2, 0.25) is 0 Å². The van der Waals surface area contributed by atoms with Gasteiger partial charge in [0.2, 0.25) is 0 Å². The number of carbonyl (C=O) groups is 1. The SMILES string of the molecule is CC1(Oc2cc(C(=O)OCCS(=O)(=O)O)ccc2OC(F)(F)F)CC2CC1C1CCCC21. The molecule has 2 bridgehead atoms. The van der Waals surface area contributed by atoms with Crippen molar-refractivity contribution in [3.8, 4) is 11.5 Å². The van der Waals surface area contributed by atoms with Crippen molar-refractivity contribution in [3.63, 3.8) is 0 Å². The number of esters is 1. The van der Waals surface area contributed by atoms with E-state index in [1.54, 1.807) is 0 Å². The number of benzene rings is 1. The predicted molar refractivity (Wildman–Crippen MR) is 106 cm³/mol. The Morgan fingerprint density at radius 3 is 2.62 bits per heavy atom. The Kier molecular flexibility index (Phi) is 5.85. The summed E-state index contributed by atoms with van der Waals surface area (Å²) < 4.78 is 84.2. The average molecular weight is 478 g/mol. The lowest BCUT2D eigenvalue weighted by atomic mass is 9.73. The van der Waals surface area contributed by atoms with Crippen LogP contribution in [0, 0.1) is 23.7 Å². The lowest BCUT2D eigenvalue weighted by Crippen LogP contribution is -2.43. The molecule has 1 aromatic carbocycles. The lowest BCUT2D eigenvalue weighted by molar-refractivity contribution is -0.275. The van der Waals surface area contributed by atoms with Crippen LogP contribution in [-0.4, -0.2) is 43.3 Å². The Bertz CT molecular complexity index is 994. The number of hydrogen-bond acceptors (Lipinski definition) is 6. The van der Waals surface area contributed by atoms with Crippen molar-refractivity contribution in [1.29, 1.82) is 0 Å². The van der Waals surface area contributed by atoms with Crippen molar-refractivity contribution in [2.45, 2.75) is 51.0 Å². The highest BCUT2D eigenvalue weighted by Crippen LogP contribution is 2.63. The van der Waals surface area contributed by atoms with Crippen LogP contribution in [0.1, 0.15) is 49.4 Å². The van der Waals surface area contributed by atoms with Crippen LogP contribution >= 0.6 is 0 Å². The summed E-state index contributed by atoms with van der Waals surface area (Å²) >= 11 is 0. The molecule has 0 saturated heterocycles. The minimum atomic E-state index is -4.94. The maximum atomic E-state index is 12.9. The summed E-state index contributed by atoms with van der Waals surface area (Å²) in [7, 11) is -4.32. The third kappa shape index (κ3) is 4.83. The molecular weight excluding hydrogens is 453 g/mol. The molecule has 1 N–H and O–H groups in total. The number of rotatable bonds is 7. The number of alkyl halides is 3. The van der Waals surface area contributed by atoms with E-state index in [4.69, 9.17) is 14.0 Å². The van der Waals surface area contributed by atoms with E-state index in [1.165, 1.54) is 6.42 Å². The third-order valence-corrected chi connectivity index (χ3v) is 7.76. The molecule has 0 amide bonds. The monoisotopic (exact) mass is 478 g/mol. The van der Waals surface area contributed by atoms with Crippen LogP contribution in [-0.2, 0) is 14.9 Å². The molecule has 32 heavy (non-hydrogen) atoms.